The molecule has 2 nitrogen and oxygen atoms in total. The van der Waals surface area contributed by atoms with Crippen molar-refractivity contribution >= 4 is 9.03 Å². The molecule has 0 amide bonds. The predicted octanol–water partition coefficient (Wildman–Crippen LogP) is 4.47. The van der Waals surface area contributed by atoms with Crippen molar-refractivity contribution in [3.63, 3.8) is 0 Å². The average Bonchev–Trinajstić information content (AvgIpc) is 2.13. The third kappa shape index (κ3) is 3.46. The van der Waals surface area contributed by atoms with Gasteiger partial charge in [0.2, 0.25) is 9.03 Å². The number of rotatable bonds is 2. The summed E-state index contributed by atoms with van der Waals surface area (Å²) in [5.41, 5.74) is 3.82. The van der Waals surface area contributed by atoms with Crippen molar-refractivity contribution in [2.75, 3.05) is 0 Å². The van der Waals surface area contributed by atoms with E-state index in [0.29, 0.717) is 0 Å². The van der Waals surface area contributed by atoms with Gasteiger partial charge in [-0.15, -0.1) is 0 Å². The minimum absolute atomic E-state index is 0.00266. The first-order valence-electron chi connectivity index (χ1n) is 6.29. The molecular weight excluding hydrogens is 243 g/mol. The van der Waals surface area contributed by atoms with Crippen molar-refractivity contribution in [3.8, 4) is 5.75 Å². The second-order valence-electron chi connectivity index (χ2n) is 6.86. The lowest BCUT2D eigenvalue weighted by atomic mass is 9.78. The molecule has 1 aromatic carbocycles. The van der Waals surface area contributed by atoms with Gasteiger partial charge in [-0.3, -0.25) is 0 Å². The van der Waals surface area contributed by atoms with Gasteiger partial charge in [-0.25, -0.2) is 0 Å². The maximum absolute atomic E-state index is 9.04. The molecule has 18 heavy (non-hydrogen) atoms. The van der Waals surface area contributed by atoms with E-state index in [1.54, 1.807) is 0 Å². The van der Waals surface area contributed by atoms with E-state index in [1.165, 1.54) is 11.1 Å². The Bertz CT molecular complexity index is 425. The summed E-state index contributed by atoms with van der Waals surface area (Å²) in [5, 5.41) is 0. The molecular formula is C15H25O2P. The largest absolute Gasteiger partial charge is 0.450 e. The topological polar surface area (TPSA) is 29.5 Å². The third-order valence-electron chi connectivity index (χ3n) is 3.10. The molecule has 1 aromatic rings. The first-order chi connectivity index (χ1) is 8.07. The van der Waals surface area contributed by atoms with Gasteiger partial charge in [-0.05, 0) is 34.9 Å². The van der Waals surface area contributed by atoms with Crippen molar-refractivity contribution in [3.05, 3.63) is 28.8 Å². The van der Waals surface area contributed by atoms with Gasteiger partial charge >= 0.3 is 0 Å². The van der Waals surface area contributed by atoms with Crippen molar-refractivity contribution < 1.29 is 9.42 Å². The molecule has 0 saturated heterocycles. The SMILES string of the molecule is Cc1cc(OPO)c(C(C)(C)C)cc1C(C)(C)C. The quantitative estimate of drug-likeness (QED) is 0.802. The molecule has 3 heteroatoms. The van der Waals surface area contributed by atoms with Crippen LogP contribution in [0.2, 0.25) is 0 Å². The highest BCUT2D eigenvalue weighted by Gasteiger charge is 2.24. The molecule has 0 bridgehead atoms. The second kappa shape index (κ2) is 5.19. The fourth-order valence-corrected chi connectivity index (χ4v) is 2.48. The molecule has 0 saturated carbocycles. The Morgan fingerprint density at radius 1 is 0.944 bits per heavy atom. The standard InChI is InChI=1S/C15H25O2P/c1-10-8-13(17-18-16)12(15(5,6)7)9-11(10)14(2,3)4/h8-9,16,18H,1-7H3. The molecule has 0 spiro atoms. The van der Waals surface area contributed by atoms with Crippen LogP contribution < -0.4 is 4.52 Å². The van der Waals surface area contributed by atoms with Crippen molar-refractivity contribution in [2.24, 2.45) is 0 Å². The van der Waals surface area contributed by atoms with Crippen molar-refractivity contribution in [1.29, 1.82) is 0 Å². The van der Waals surface area contributed by atoms with Crippen LogP contribution in [-0.4, -0.2) is 4.89 Å². The molecule has 0 fully saturated rings. The summed E-state index contributed by atoms with van der Waals surface area (Å²) in [5.74, 6) is 0.800. The lowest BCUT2D eigenvalue weighted by molar-refractivity contribution is 0.487. The van der Waals surface area contributed by atoms with Crippen LogP contribution in [0.5, 0.6) is 5.75 Å². The second-order valence-corrected chi connectivity index (χ2v) is 7.24. The fraction of sp³-hybridized carbons (Fsp3) is 0.600. The van der Waals surface area contributed by atoms with Crippen LogP contribution in [0.1, 0.15) is 58.2 Å². The van der Waals surface area contributed by atoms with Crippen LogP contribution in [0.4, 0.5) is 0 Å². The molecule has 1 atom stereocenters. The molecule has 1 N–H and O–H groups in total. The minimum atomic E-state index is -0.510. The highest BCUT2D eigenvalue weighted by atomic mass is 31.1. The highest BCUT2D eigenvalue weighted by Crippen LogP contribution is 2.38. The Hall–Kier alpha value is -0.590. The van der Waals surface area contributed by atoms with Crippen LogP contribution in [-0.2, 0) is 10.8 Å². The average molecular weight is 268 g/mol. The summed E-state index contributed by atoms with van der Waals surface area (Å²) >= 11 is 0. The lowest BCUT2D eigenvalue weighted by Gasteiger charge is -2.28. The summed E-state index contributed by atoms with van der Waals surface area (Å²) in [6, 6.07) is 4.27. The van der Waals surface area contributed by atoms with Gasteiger partial charge in [0.25, 0.3) is 0 Å². The van der Waals surface area contributed by atoms with Crippen molar-refractivity contribution in [1.82, 2.24) is 0 Å². The van der Waals surface area contributed by atoms with E-state index in [0.717, 1.165) is 11.3 Å². The van der Waals surface area contributed by atoms with E-state index in [9.17, 15) is 0 Å². The number of benzene rings is 1. The Labute approximate surface area is 113 Å². The molecule has 0 heterocycles. The zero-order valence-electron chi connectivity index (χ0n) is 12.5. The summed E-state index contributed by atoms with van der Waals surface area (Å²) in [6.45, 7) is 15.2. The first-order valence-corrected chi connectivity index (χ1v) is 7.14. The van der Waals surface area contributed by atoms with Gasteiger partial charge in [0.15, 0.2) is 0 Å². The summed E-state index contributed by atoms with van der Waals surface area (Å²) in [6.07, 6.45) is 0. The Balaban J connectivity index is 3.46. The molecule has 0 aromatic heterocycles. The van der Waals surface area contributed by atoms with E-state index in [1.807, 2.05) is 6.07 Å². The monoisotopic (exact) mass is 268 g/mol. The van der Waals surface area contributed by atoms with Crippen LogP contribution >= 0.6 is 9.03 Å². The highest BCUT2D eigenvalue weighted by molar-refractivity contribution is 7.25. The lowest BCUT2D eigenvalue weighted by Crippen LogP contribution is -2.18. The number of hydrogen-bond donors (Lipinski definition) is 1. The van der Waals surface area contributed by atoms with E-state index >= 15 is 0 Å². The molecule has 102 valence electrons. The Kier molecular flexibility index (Phi) is 4.46. The summed E-state index contributed by atoms with van der Waals surface area (Å²) < 4.78 is 5.40. The predicted molar refractivity (Wildman–Crippen MR) is 79.7 cm³/mol. The molecule has 0 aliphatic heterocycles. The van der Waals surface area contributed by atoms with E-state index in [2.05, 4.69) is 54.5 Å². The van der Waals surface area contributed by atoms with Crippen molar-refractivity contribution in [2.45, 2.75) is 59.3 Å². The normalized spacial score (nSPS) is 13.3. The summed E-state index contributed by atoms with van der Waals surface area (Å²) in [7, 11) is -0.510. The van der Waals surface area contributed by atoms with Gasteiger partial charge < -0.3 is 9.42 Å². The van der Waals surface area contributed by atoms with Gasteiger partial charge in [-0.1, -0.05) is 47.6 Å². The molecule has 1 unspecified atom stereocenters. The Morgan fingerprint density at radius 2 is 1.44 bits per heavy atom. The smallest absolute Gasteiger partial charge is 0.212 e. The number of hydrogen-bond acceptors (Lipinski definition) is 2. The van der Waals surface area contributed by atoms with Gasteiger partial charge in [-0.2, -0.15) is 0 Å². The maximum atomic E-state index is 9.04. The third-order valence-corrected chi connectivity index (χ3v) is 3.41. The van der Waals surface area contributed by atoms with Crippen LogP contribution in [0, 0.1) is 6.92 Å². The van der Waals surface area contributed by atoms with E-state index in [-0.39, 0.29) is 10.8 Å². The Morgan fingerprint density at radius 3 is 1.83 bits per heavy atom. The molecule has 0 aliphatic rings. The molecule has 0 aliphatic carbocycles. The molecule has 0 radical (unpaired) electrons. The zero-order chi connectivity index (χ0) is 14.1. The number of aryl methyl sites for hydroxylation is 1. The molecule has 1 rings (SSSR count). The van der Waals surface area contributed by atoms with Gasteiger partial charge in [0, 0.05) is 5.56 Å². The van der Waals surface area contributed by atoms with E-state index in [4.69, 9.17) is 9.42 Å². The maximum Gasteiger partial charge on any atom is 0.212 e. The first kappa shape index (κ1) is 15.5. The summed E-state index contributed by atoms with van der Waals surface area (Å²) in [4.78, 5) is 9.04. The fourth-order valence-electron chi connectivity index (χ4n) is 2.21. The zero-order valence-corrected chi connectivity index (χ0v) is 13.5. The van der Waals surface area contributed by atoms with Gasteiger partial charge in [0.05, 0.1) is 0 Å². The van der Waals surface area contributed by atoms with Crippen LogP contribution in [0.3, 0.4) is 0 Å². The van der Waals surface area contributed by atoms with Gasteiger partial charge in [0.1, 0.15) is 5.75 Å². The van der Waals surface area contributed by atoms with Crippen LogP contribution in [0.15, 0.2) is 12.1 Å². The van der Waals surface area contributed by atoms with E-state index < -0.39 is 9.03 Å². The van der Waals surface area contributed by atoms with Crippen LogP contribution in [0.25, 0.3) is 0 Å². The minimum Gasteiger partial charge on any atom is -0.450 e.